The van der Waals surface area contributed by atoms with Gasteiger partial charge in [-0.25, -0.2) is 13.1 Å². The van der Waals surface area contributed by atoms with Crippen molar-refractivity contribution in [3.8, 4) is 0 Å². The third-order valence-electron chi connectivity index (χ3n) is 4.51. The number of amides is 1. The molecule has 9 heteroatoms. The Morgan fingerprint density at radius 2 is 2.07 bits per heavy atom. The zero-order chi connectivity index (χ0) is 19.4. The van der Waals surface area contributed by atoms with E-state index < -0.39 is 10.0 Å². The minimum atomic E-state index is -3.61. The predicted octanol–water partition coefficient (Wildman–Crippen LogP) is 2.23. The van der Waals surface area contributed by atoms with Crippen LogP contribution in [0.3, 0.4) is 0 Å². The molecule has 1 aromatic carbocycles. The Labute approximate surface area is 159 Å². The highest BCUT2D eigenvalue weighted by Gasteiger charge is 2.33. The lowest BCUT2D eigenvalue weighted by Gasteiger charge is -2.22. The number of likely N-dealkylation sites (tertiary alicyclic amines) is 1. The molecule has 0 bridgehead atoms. The lowest BCUT2D eigenvalue weighted by Crippen LogP contribution is -2.34. The van der Waals surface area contributed by atoms with E-state index in [0.29, 0.717) is 18.3 Å². The number of carbonyl (C=O) groups excluding carboxylic acids is 1. The zero-order valence-electron chi connectivity index (χ0n) is 15.5. The van der Waals surface area contributed by atoms with Crippen LogP contribution in [0.4, 0.5) is 0 Å². The fourth-order valence-corrected chi connectivity index (χ4v) is 4.12. The van der Waals surface area contributed by atoms with Crippen molar-refractivity contribution in [1.29, 1.82) is 0 Å². The molecule has 0 saturated carbocycles. The van der Waals surface area contributed by atoms with Crippen LogP contribution >= 0.6 is 0 Å². The first-order valence-corrected chi connectivity index (χ1v) is 10.5. The molecule has 146 valence electrons. The Hall–Kier alpha value is -2.26. The Kier molecular flexibility index (Phi) is 5.91. The van der Waals surface area contributed by atoms with E-state index in [-0.39, 0.29) is 35.7 Å². The Morgan fingerprint density at radius 1 is 1.33 bits per heavy atom. The van der Waals surface area contributed by atoms with E-state index in [4.69, 9.17) is 4.52 Å². The van der Waals surface area contributed by atoms with Crippen LogP contribution in [-0.4, -0.2) is 42.5 Å². The van der Waals surface area contributed by atoms with Crippen molar-refractivity contribution in [2.75, 3.05) is 13.1 Å². The summed E-state index contributed by atoms with van der Waals surface area (Å²) < 4.78 is 32.2. The second kappa shape index (κ2) is 8.18. The minimum absolute atomic E-state index is 0.0444. The van der Waals surface area contributed by atoms with Crippen molar-refractivity contribution in [3.63, 3.8) is 0 Å². The molecule has 8 nitrogen and oxygen atoms in total. The number of hydrogen-bond donors (Lipinski definition) is 1. The average molecular weight is 392 g/mol. The van der Waals surface area contributed by atoms with Crippen molar-refractivity contribution in [2.45, 2.75) is 50.0 Å². The molecule has 1 unspecified atom stereocenters. The summed E-state index contributed by atoms with van der Waals surface area (Å²) in [7, 11) is -3.61. The van der Waals surface area contributed by atoms with Crippen LogP contribution in [0.1, 0.15) is 56.8 Å². The molecule has 0 spiro atoms. The van der Waals surface area contributed by atoms with Crippen LogP contribution in [0.5, 0.6) is 0 Å². The van der Waals surface area contributed by atoms with Gasteiger partial charge >= 0.3 is 0 Å². The summed E-state index contributed by atoms with van der Waals surface area (Å²) in [6, 6.07) is 7.89. The summed E-state index contributed by atoms with van der Waals surface area (Å²) >= 11 is 0. The molecule has 1 aromatic heterocycles. The van der Waals surface area contributed by atoms with Gasteiger partial charge in [0.25, 0.3) is 0 Å². The summed E-state index contributed by atoms with van der Waals surface area (Å²) in [5.41, 5.74) is 0. The van der Waals surface area contributed by atoms with Gasteiger partial charge in [0, 0.05) is 25.4 Å². The van der Waals surface area contributed by atoms with Gasteiger partial charge in [-0.05, 0) is 25.0 Å². The van der Waals surface area contributed by atoms with Gasteiger partial charge in [0.05, 0.1) is 10.9 Å². The topological polar surface area (TPSA) is 105 Å². The van der Waals surface area contributed by atoms with Gasteiger partial charge in [-0.2, -0.15) is 4.98 Å². The molecule has 2 heterocycles. The van der Waals surface area contributed by atoms with Gasteiger partial charge in [0.1, 0.15) is 0 Å². The normalized spacial score (nSPS) is 17.6. The molecular weight excluding hydrogens is 368 g/mol. The quantitative estimate of drug-likeness (QED) is 0.775. The number of hydrogen-bond acceptors (Lipinski definition) is 6. The maximum absolute atomic E-state index is 12.6. The molecular formula is C18H24N4O4S. The van der Waals surface area contributed by atoms with Crippen molar-refractivity contribution in [2.24, 2.45) is 0 Å². The zero-order valence-corrected chi connectivity index (χ0v) is 16.3. The molecule has 0 radical (unpaired) electrons. The summed E-state index contributed by atoms with van der Waals surface area (Å²) in [6.07, 6.45) is 1.72. The highest BCUT2D eigenvalue weighted by molar-refractivity contribution is 7.89. The van der Waals surface area contributed by atoms with Gasteiger partial charge in [-0.3, -0.25) is 4.79 Å². The molecule has 1 fully saturated rings. The van der Waals surface area contributed by atoms with Crippen molar-refractivity contribution >= 4 is 15.9 Å². The number of aromatic nitrogens is 2. The van der Waals surface area contributed by atoms with Crippen LogP contribution in [0, 0.1) is 0 Å². The molecule has 27 heavy (non-hydrogen) atoms. The van der Waals surface area contributed by atoms with Gasteiger partial charge < -0.3 is 9.42 Å². The maximum atomic E-state index is 12.6. The number of carbonyl (C=O) groups is 1. The van der Waals surface area contributed by atoms with Crippen LogP contribution in [0.2, 0.25) is 0 Å². The highest BCUT2D eigenvalue weighted by atomic mass is 32.2. The molecule has 1 amide bonds. The van der Waals surface area contributed by atoms with E-state index in [2.05, 4.69) is 14.9 Å². The molecule has 1 saturated heterocycles. The van der Waals surface area contributed by atoms with E-state index >= 15 is 0 Å². The first-order valence-electron chi connectivity index (χ1n) is 9.06. The predicted molar refractivity (Wildman–Crippen MR) is 98.3 cm³/mol. The van der Waals surface area contributed by atoms with Crippen LogP contribution < -0.4 is 4.72 Å². The Morgan fingerprint density at radius 3 is 2.74 bits per heavy atom. The third-order valence-corrected chi connectivity index (χ3v) is 5.98. The highest BCUT2D eigenvalue weighted by Crippen LogP contribution is 2.31. The number of nitrogens with one attached hydrogen (secondary N) is 1. The van der Waals surface area contributed by atoms with Gasteiger partial charge in [0.2, 0.25) is 21.8 Å². The summed E-state index contributed by atoms with van der Waals surface area (Å²) in [5, 5.41) is 4.02. The second-order valence-electron chi connectivity index (χ2n) is 6.85. The largest absolute Gasteiger partial charge is 0.339 e. The fraction of sp³-hybridized carbons (Fsp3) is 0.500. The number of rotatable bonds is 7. The number of sulfonamides is 1. The molecule has 3 rings (SSSR count). The summed E-state index contributed by atoms with van der Waals surface area (Å²) in [6.45, 7) is 4.59. The molecule has 1 aliphatic heterocycles. The van der Waals surface area contributed by atoms with Gasteiger partial charge in [-0.1, -0.05) is 37.2 Å². The molecule has 1 aliphatic rings. The first kappa shape index (κ1) is 19.5. The molecule has 2 aromatic rings. The van der Waals surface area contributed by atoms with Crippen LogP contribution in [0.15, 0.2) is 39.8 Å². The molecule has 0 aliphatic carbocycles. The average Bonchev–Trinajstić information content (AvgIpc) is 3.31. The van der Waals surface area contributed by atoms with Gasteiger partial charge in [0.15, 0.2) is 5.82 Å². The van der Waals surface area contributed by atoms with E-state index in [1.807, 2.05) is 13.8 Å². The minimum Gasteiger partial charge on any atom is -0.339 e. The summed E-state index contributed by atoms with van der Waals surface area (Å²) in [5.74, 6) is 1.09. The second-order valence-corrected chi connectivity index (χ2v) is 8.62. The monoisotopic (exact) mass is 392 g/mol. The lowest BCUT2D eigenvalue weighted by atomic mass is 10.2. The van der Waals surface area contributed by atoms with E-state index in [9.17, 15) is 13.2 Å². The summed E-state index contributed by atoms with van der Waals surface area (Å²) in [4.78, 5) is 18.9. The van der Waals surface area contributed by atoms with Crippen molar-refractivity contribution in [1.82, 2.24) is 19.8 Å². The van der Waals surface area contributed by atoms with E-state index in [1.54, 1.807) is 23.1 Å². The smallest absolute Gasteiger partial charge is 0.240 e. The third kappa shape index (κ3) is 4.54. The fourth-order valence-electron chi connectivity index (χ4n) is 3.07. The van der Waals surface area contributed by atoms with Crippen molar-refractivity contribution < 1.29 is 17.7 Å². The van der Waals surface area contributed by atoms with Crippen molar-refractivity contribution in [3.05, 3.63) is 42.0 Å². The number of nitrogens with zero attached hydrogens (tertiary/aromatic N) is 3. The van der Waals surface area contributed by atoms with Crippen LogP contribution in [-0.2, 0) is 14.8 Å². The van der Waals surface area contributed by atoms with E-state index in [1.165, 1.54) is 12.1 Å². The maximum Gasteiger partial charge on any atom is 0.240 e. The molecule has 1 atom stereocenters. The number of benzene rings is 1. The van der Waals surface area contributed by atoms with Gasteiger partial charge in [-0.15, -0.1) is 0 Å². The standard InChI is InChI=1S/C18H24N4O4S/c1-13(2)18-20-17(21-26-18)15-9-6-12-22(15)16(23)10-11-19-27(24,25)14-7-4-3-5-8-14/h3-5,7-8,13,15,19H,6,9-12H2,1-2H3. The SMILES string of the molecule is CC(C)c1nc(C2CCCN2C(=O)CCNS(=O)(=O)c2ccccc2)no1. The Bertz CT molecular complexity index is 880. The molecule has 1 N–H and O–H groups in total. The van der Waals surface area contributed by atoms with E-state index in [0.717, 1.165) is 12.8 Å². The first-order chi connectivity index (χ1) is 12.9. The lowest BCUT2D eigenvalue weighted by molar-refractivity contribution is -0.132. The van der Waals surface area contributed by atoms with Crippen LogP contribution in [0.25, 0.3) is 0 Å². The Balaban J connectivity index is 1.58.